The molecule has 4 aliphatic rings. The number of hydrogen-bond acceptors (Lipinski definition) is 6. The predicted molar refractivity (Wildman–Crippen MR) is 138 cm³/mol. The lowest BCUT2D eigenvalue weighted by Gasteiger charge is -2.59. The van der Waals surface area contributed by atoms with E-state index < -0.39 is 17.4 Å². The lowest BCUT2D eigenvalue weighted by molar-refractivity contribution is -0.258. The average Bonchev–Trinajstić information content (AvgIpc) is 3.15. The molecule has 208 valence electrons. The van der Waals surface area contributed by atoms with Crippen LogP contribution in [-0.2, 0) is 13.1 Å². The zero-order valence-electron chi connectivity index (χ0n) is 21.7. The van der Waals surface area contributed by atoms with Gasteiger partial charge in [-0.15, -0.1) is 10.2 Å². The number of alkyl halides is 3. The summed E-state index contributed by atoms with van der Waals surface area (Å²) in [5, 5.41) is 18.8. The predicted octanol–water partition coefficient (Wildman–Crippen LogP) is 5.76. The van der Waals surface area contributed by atoms with Crippen LogP contribution in [0.4, 0.5) is 23.4 Å². The van der Waals surface area contributed by atoms with Crippen molar-refractivity contribution in [1.82, 2.24) is 24.6 Å². The van der Waals surface area contributed by atoms with Gasteiger partial charge in [0.15, 0.2) is 17.3 Å². The molecule has 1 spiro atoms. The van der Waals surface area contributed by atoms with Gasteiger partial charge in [-0.1, -0.05) is 18.5 Å². The van der Waals surface area contributed by atoms with E-state index in [0.717, 1.165) is 48.8 Å². The third kappa shape index (κ3) is 3.90. The van der Waals surface area contributed by atoms with E-state index in [1.165, 1.54) is 13.0 Å². The van der Waals surface area contributed by atoms with Crippen molar-refractivity contribution in [1.29, 1.82) is 5.26 Å². The Morgan fingerprint density at radius 3 is 2.50 bits per heavy atom. The number of halogens is 5. The molecule has 3 fully saturated rings. The van der Waals surface area contributed by atoms with E-state index >= 15 is 0 Å². The van der Waals surface area contributed by atoms with Crippen molar-refractivity contribution < 1.29 is 17.6 Å². The smallest absolute Gasteiger partial charge is 0.355 e. The van der Waals surface area contributed by atoms with Crippen molar-refractivity contribution in [3.05, 3.63) is 64.1 Å². The Labute approximate surface area is 233 Å². The van der Waals surface area contributed by atoms with E-state index in [4.69, 9.17) is 16.9 Å². The highest BCUT2D eigenvalue weighted by atomic mass is 35.5. The quantitative estimate of drug-likeness (QED) is 0.372. The number of anilines is 1. The maximum Gasteiger partial charge on any atom is 0.394 e. The minimum absolute atomic E-state index is 0.0633. The Hall–Kier alpha value is -3.23. The summed E-state index contributed by atoms with van der Waals surface area (Å²) in [4.78, 5) is 8.29. The topological polar surface area (TPSA) is 73.9 Å². The zero-order valence-corrected chi connectivity index (χ0v) is 22.5. The van der Waals surface area contributed by atoms with Gasteiger partial charge >= 0.3 is 6.18 Å². The van der Waals surface area contributed by atoms with E-state index in [1.807, 2.05) is 18.2 Å². The third-order valence-corrected chi connectivity index (χ3v) is 9.60. The minimum Gasteiger partial charge on any atom is -0.355 e. The Morgan fingerprint density at radius 2 is 1.80 bits per heavy atom. The maximum atomic E-state index is 13.7. The maximum absolute atomic E-state index is 13.7. The molecule has 4 heterocycles. The van der Waals surface area contributed by atoms with Crippen LogP contribution in [-0.4, -0.2) is 50.0 Å². The van der Waals surface area contributed by atoms with E-state index in [0.29, 0.717) is 23.9 Å². The van der Waals surface area contributed by atoms with Gasteiger partial charge in [-0.3, -0.25) is 9.47 Å². The van der Waals surface area contributed by atoms with Crippen LogP contribution in [0.25, 0.3) is 5.69 Å². The van der Waals surface area contributed by atoms with Crippen molar-refractivity contribution in [3.63, 3.8) is 0 Å². The van der Waals surface area contributed by atoms with E-state index in [-0.39, 0.29) is 35.9 Å². The van der Waals surface area contributed by atoms with Crippen LogP contribution in [0, 0.1) is 28.0 Å². The van der Waals surface area contributed by atoms with Crippen LogP contribution >= 0.6 is 11.6 Å². The number of pyridine rings is 1. The molecule has 0 radical (unpaired) electrons. The van der Waals surface area contributed by atoms with Crippen molar-refractivity contribution in [2.45, 2.75) is 63.8 Å². The molecule has 2 aliphatic carbocycles. The molecule has 2 aliphatic heterocycles. The van der Waals surface area contributed by atoms with Crippen molar-refractivity contribution in [3.8, 4) is 11.8 Å². The molecular weight excluding hydrogens is 546 g/mol. The van der Waals surface area contributed by atoms with Gasteiger partial charge in [0.1, 0.15) is 17.7 Å². The lowest BCUT2D eigenvalue weighted by atomic mass is 9.57. The molecule has 1 aromatic carbocycles. The summed E-state index contributed by atoms with van der Waals surface area (Å²) in [5.74, 6) is 1.76. The van der Waals surface area contributed by atoms with Gasteiger partial charge in [0.25, 0.3) is 0 Å². The Morgan fingerprint density at radius 1 is 1.05 bits per heavy atom. The molecule has 1 saturated heterocycles. The molecule has 2 saturated carbocycles. The van der Waals surface area contributed by atoms with Crippen LogP contribution in [0.5, 0.6) is 0 Å². The van der Waals surface area contributed by atoms with E-state index in [9.17, 15) is 17.6 Å². The largest absolute Gasteiger partial charge is 0.394 e. The Balaban J connectivity index is 1.10. The first kappa shape index (κ1) is 25.7. The van der Waals surface area contributed by atoms with Gasteiger partial charge in [-0.2, -0.15) is 18.4 Å². The SMILES string of the molecule is CC1(C(F)(F)F)CC(N2Cc3cc(Cl)ccc3-n3c(nnc3C3CC4(C3)CN(c3ccc(F)c(C#N)n3)C4)C2)C1. The molecule has 0 N–H and O–H groups in total. The van der Waals surface area contributed by atoms with Gasteiger partial charge in [0.05, 0.1) is 17.6 Å². The summed E-state index contributed by atoms with van der Waals surface area (Å²) in [6.45, 7) is 3.76. The first-order chi connectivity index (χ1) is 19.0. The molecule has 0 amide bonds. The number of nitriles is 1. The molecule has 40 heavy (non-hydrogen) atoms. The van der Waals surface area contributed by atoms with E-state index in [1.54, 1.807) is 12.1 Å². The molecule has 7 nitrogen and oxygen atoms in total. The third-order valence-electron chi connectivity index (χ3n) is 9.37. The van der Waals surface area contributed by atoms with Crippen LogP contribution in [0.3, 0.4) is 0 Å². The fourth-order valence-electron chi connectivity index (χ4n) is 7.08. The monoisotopic (exact) mass is 571 g/mol. The highest BCUT2D eigenvalue weighted by Gasteiger charge is 2.60. The first-order valence-corrected chi connectivity index (χ1v) is 13.7. The van der Waals surface area contributed by atoms with Crippen LogP contribution in [0.15, 0.2) is 30.3 Å². The zero-order chi connectivity index (χ0) is 28.0. The number of rotatable bonds is 3. The van der Waals surface area contributed by atoms with Crippen molar-refractivity contribution in [2.75, 3.05) is 18.0 Å². The molecular formula is C28H26ClF4N7. The van der Waals surface area contributed by atoms with Gasteiger partial charge in [0, 0.05) is 42.0 Å². The summed E-state index contributed by atoms with van der Waals surface area (Å²) in [6, 6.07) is 10.1. The number of fused-ring (bicyclic) bond motifs is 3. The summed E-state index contributed by atoms with van der Waals surface area (Å²) in [6.07, 6.45) is -2.27. The molecule has 0 unspecified atom stereocenters. The molecule has 0 bridgehead atoms. The second-order valence-electron chi connectivity index (χ2n) is 12.2. The summed E-state index contributed by atoms with van der Waals surface area (Å²) in [7, 11) is 0. The number of nitrogens with zero attached hydrogens (tertiary/aromatic N) is 7. The second kappa shape index (κ2) is 8.63. The summed E-state index contributed by atoms with van der Waals surface area (Å²) >= 11 is 6.35. The lowest BCUT2D eigenvalue weighted by Crippen LogP contribution is -2.62. The standard InChI is InChI=1S/C28H26ClF4N7/c1-26(28(31,32)33)9-19(10-26)38-12-16-6-18(29)2-4-22(16)40-24(13-38)36-37-25(40)17-7-27(8-17)14-39(15-27)23-5-3-20(30)21(11-34)35-23/h2-6,17,19H,7-10,12-15H2,1H3. The number of hydrogen-bond donors (Lipinski definition) is 0. The normalized spacial score (nSPS) is 25.7. The molecule has 3 aromatic rings. The van der Waals surface area contributed by atoms with Crippen molar-refractivity contribution >= 4 is 17.4 Å². The summed E-state index contributed by atoms with van der Waals surface area (Å²) in [5.41, 5.74) is 0.126. The molecule has 7 rings (SSSR count). The second-order valence-corrected chi connectivity index (χ2v) is 12.6. The van der Waals surface area contributed by atoms with E-state index in [2.05, 4.69) is 29.5 Å². The van der Waals surface area contributed by atoms with Gasteiger partial charge < -0.3 is 4.90 Å². The van der Waals surface area contributed by atoms with Gasteiger partial charge in [-0.05, 0) is 61.6 Å². The molecule has 0 atom stereocenters. The molecule has 12 heteroatoms. The van der Waals surface area contributed by atoms with Crippen LogP contribution in [0.1, 0.15) is 61.4 Å². The number of benzene rings is 1. The van der Waals surface area contributed by atoms with Crippen LogP contribution < -0.4 is 4.90 Å². The fourth-order valence-corrected chi connectivity index (χ4v) is 7.28. The number of aromatic nitrogens is 4. The minimum atomic E-state index is -4.22. The van der Waals surface area contributed by atoms with Gasteiger partial charge in [-0.25, -0.2) is 9.37 Å². The molecule has 2 aromatic heterocycles. The Bertz CT molecular complexity index is 1540. The Kier molecular flexibility index (Phi) is 5.55. The van der Waals surface area contributed by atoms with Gasteiger partial charge in [0.2, 0.25) is 0 Å². The first-order valence-electron chi connectivity index (χ1n) is 13.3. The highest BCUT2D eigenvalue weighted by Crippen LogP contribution is 2.57. The van der Waals surface area contributed by atoms with Crippen molar-refractivity contribution in [2.24, 2.45) is 10.8 Å². The fraction of sp³-hybridized carbons (Fsp3) is 0.500. The highest BCUT2D eigenvalue weighted by molar-refractivity contribution is 6.30. The summed E-state index contributed by atoms with van der Waals surface area (Å²) < 4.78 is 56.4. The average molecular weight is 572 g/mol. The van der Waals surface area contributed by atoms with Crippen LogP contribution in [0.2, 0.25) is 5.02 Å².